The highest BCUT2D eigenvalue weighted by atomic mass is 79.9. The minimum Gasteiger partial charge on any atom is -0.263 e. The second kappa shape index (κ2) is 7.20. The number of nitrogens with zero attached hydrogens (tertiary/aromatic N) is 1. The Morgan fingerprint density at radius 2 is 1.74 bits per heavy atom. The predicted molar refractivity (Wildman–Crippen MR) is 87.8 cm³/mol. The first-order chi connectivity index (χ1) is 9.17. The van der Waals surface area contributed by atoms with Gasteiger partial charge in [-0.3, -0.25) is 4.98 Å². The monoisotopic (exact) mass is 381 g/mol. The Bertz CT molecular complexity index is 523. The molecule has 0 aliphatic carbocycles. The Kier molecular flexibility index (Phi) is 5.59. The minimum atomic E-state index is 0.596. The van der Waals surface area contributed by atoms with Crippen LogP contribution in [-0.4, -0.2) is 10.3 Å². The summed E-state index contributed by atoms with van der Waals surface area (Å²) in [5, 5.41) is 1.01. The van der Waals surface area contributed by atoms with Crippen molar-refractivity contribution in [1.29, 1.82) is 0 Å². The third kappa shape index (κ3) is 4.73. The van der Waals surface area contributed by atoms with Crippen LogP contribution in [0.5, 0.6) is 0 Å². The summed E-state index contributed by atoms with van der Waals surface area (Å²) >= 11 is 7.11. The first kappa shape index (κ1) is 14.7. The van der Waals surface area contributed by atoms with Gasteiger partial charge in [-0.2, -0.15) is 0 Å². The van der Waals surface area contributed by atoms with Crippen LogP contribution in [0.15, 0.2) is 47.2 Å². The SMILES string of the molecule is Cc1ccc(CC(CBr)Cc2cncc(Br)c2)cc1. The van der Waals surface area contributed by atoms with Gasteiger partial charge in [-0.1, -0.05) is 45.8 Å². The predicted octanol–water partition coefficient (Wildman–Crippen LogP) is 4.95. The minimum absolute atomic E-state index is 0.596. The van der Waals surface area contributed by atoms with Crippen molar-refractivity contribution in [3.8, 4) is 0 Å². The van der Waals surface area contributed by atoms with Gasteiger partial charge >= 0.3 is 0 Å². The summed E-state index contributed by atoms with van der Waals surface area (Å²) in [5.74, 6) is 0.596. The fraction of sp³-hybridized carbons (Fsp3) is 0.312. The second-order valence-electron chi connectivity index (χ2n) is 4.93. The molecule has 0 radical (unpaired) electrons. The molecule has 2 aromatic rings. The molecule has 1 atom stereocenters. The fourth-order valence-electron chi connectivity index (χ4n) is 2.14. The van der Waals surface area contributed by atoms with Crippen LogP contribution in [0.2, 0.25) is 0 Å². The van der Waals surface area contributed by atoms with Gasteiger partial charge < -0.3 is 0 Å². The smallest absolute Gasteiger partial charge is 0.0410 e. The van der Waals surface area contributed by atoms with Crippen LogP contribution in [-0.2, 0) is 12.8 Å². The lowest BCUT2D eigenvalue weighted by molar-refractivity contribution is 0.590. The van der Waals surface area contributed by atoms with Gasteiger partial charge in [-0.15, -0.1) is 0 Å². The van der Waals surface area contributed by atoms with E-state index in [1.807, 2.05) is 12.4 Å². The highest BCUT2D eigenvalue weighted by Crippen LogP contribution is 2.19. The summed E-state index contributed by atoms with van der Waals surface area (Å²) < 4.78 is 1.05. The lowest BCUT2D eigenvalue weighted by Crippen LogP contribution is -2.10. The maximum Gasteiger partial charge on any atom is 0.0410 e. The van der Waals surface area contributed by atoms with E-state index in [4.69, 9.17) is 0 Å². The maximum atomic E-state index is 4.23. The Morgan fingerprint density at radius 1 is 1.05 bits per heavy atom. The first-order valence-corrected chi connectivity index (χ1v) is 8.30. The molecule has 1 heterocycles. The van der Waals surface area contributed by atoms with Gasteiger partial charge in [0.25, 0.3) is 0 Å². The highest BCUT2D eigenvalue weighted by Gasteiger charge is 2.10. The van der Waals surface area contributed by atoms with Crippen LogP contribution in [0.4, 0.5) is 0 Å². The number of rotatable bonds is 5. The van der Waals surface area contributed by atoms with Crippen LogP contribution in [0, 0.1) is 12.8 Å². The van der Waals surface area contributed by atoms with Gasteiger partial charge in [0.1, 0.15) is 0 Å². The molecular formula is C16H17Br2N. The van der Waals surface area contributed by atoms with Crippen LogP contribution >= 0.6 is 31.9 Å². The van der Waals surface area contributed by atoms with Gasteiger partial charge in [0, 0.05) is 22.2 Å². The Labute approximate surface area is 131 Å². The summed E-state index contributed by atoms with van der Waals surface area (Å²) in [4.78, 5) is 4.23. The van der Waals surface area contributed by atoms with Crippen molar-refractivity contribution in [2.75, 3.05) is 5.33 Å². The number of pyridine rings is 1. The average Bonchev–Trinajstić information content (AvgIpc) is 2.40. The lowest BCUT2D eigenvalue weighted by Gasteiger charge is -2.14. The zero-order valence-corrected chi connectivity index (χ0v) is 14.1. The molecule has 19 heavy (non-hydrogen) atoms. The van der Waals surface area contributed by atoms with Gasteiger partial charge in [-0.25, -0.2) is 0 Å². The molecule has 0 aliphatic heterocycles. The summed E-state index contributed by atoms with van der Waals surface area (Å²) in [6.07, 6.45) is 5.92. The molecule has 0 amide bonds. The molecule has 1 unspecified atom stereocenters. The molecule has 3 heteroatoms. The zero-order chi connectivity index (χ0) is 13.7. The summed E-state index contributed by atoms with van der Waals surface area (Å²) in [6.45, 7) is 2.12. The summed E-state index contributed by atoms with van der Waals surface area (Å²) in [7, 11) is 0. The Balaban J connectivity index is 2.02. The number of benzene rings is 1. The molecule has 0 saturated heterocycles. The molecule has 2 rings (SSSR count). The molecule has 1 nitrogen and oxygen atoms in total. The number of aryl methyl sites for hydroxylation is 1. The molecule has 100 valence electrons. The van der Waals surface area contributed by atoms with E-state index in [9.17, 15) is 0 Å². The van der Waals surface area contributed by atoms with Gasteiger partial charge in [0.2, 0.25) is 0 Å². The quantitative estimate of drug-likeness (QED) is 0.666. The molecule has 0 bridgehead atoms. The van der Waals surface area contributed by atoms with E-state index in [-0.39, 0.29) is 0 Å². The van der Waals surface area contributed by atoms with Crippen molar-refractivity contribution in [1.82, 2.24) is 4.98 Å². The summed E-state index contributed by atoms with van der Waals surface area (Å²) in [6, 6.07) is 11.0. The second-order valence-corrected chi connectivity index (χ2v) is 6.49. The van der Waals surface area contributed by atoms with E-state index in [1.165, 1.54) is 16.7 Å². The van der Waals surface area contributed by atoms with Crippen LogP contribution in [0.1, 0.15) is 16.7 Å². The molecule has 0 saturated carbocycles. The largest absolute Gasteiger partial charge is 0.263 e. The van der Waals surface area contributed by atoms with E-state index < -0.39 is 0 Å². The fourth-order valence-corrected chi connectivity index (χ4v) is 3.01. The lowest BCUT2D eigenvalue weighted by atomic mass is 9.94. The van der Waals surface area contributed by atoms with Crippen LogP contribution < -0.4 is 0 Å². The van der Waals surface area contributed by atoms with E-state index in [0.717, 1.165) is 22.6 Å². The molecule has 0 fully saturated rings. The topological polar surface area (TPSA) is 12.9 Å². The Morgan fingerprint density at radius 3 is 2.37 bits per heavy atom. The standard InChI is InChI=1S/C16H17Br2N/c1-12-2-4-13(5-3-12)6-14(9-17)7-15-8-16(18)11-19-10-15/h2-5,8,10-11,14H,6-7,9H2,1H3. The third-order valence-electron chi connectivity index (χ3n) is 3.15. The van der Waals surface area contributed by atoms with Crippen molar-refractivity contribution in [2.45, 2.75) is 19.8 Å². The van der Waals surface area contributed by atoms with E-state index in [1.54, 1.807) is 0 Å². The van der Waals surface area contributed by atoms with Crippen molar-refractivity contribution in [3.63, 3.8) is 0 Å². The van der Waals surface area contributed by atoms with E-state index in [0.29, 0.717) is 5.92 Å². The number of alkyl halides is 1. The normalized spacial score (nSPS) is 12.4. The van der Waals surface area contributed by atoms with Crippen molar-refractivity contribution in [2.24, 2.45) is 5.92 Å². The van der Waals surface area contributed by atoms with Gasteiger partial charge in [0.15, 0.2) is 0 Å². The molecule has 1 aromatic carbocycles. The van der Waals surface area contributed by atoms with Gasteiger partial charge in [-0.05, 0) is 58.8 Å². The number of hydrogen-bond donors (Lipinski definition) is 0. The third-order valence-corrected chi connectivity index (χ3v) is 4.50. The number of aromatic nitrogens is 1. The molecule has 0 spiro atoms. The molecule has 0 aliphatic rings. The number of hydrogen-bond acceptors (Lipinski definition) is 1. The van der Waals surface area contributed by atoms with Crippen molar-refractivity contribution in [3.05, 3.63) is 63.9 Å². The highest BCUT2D eigenvalue weighted by molar-refractivity contribution is 9.10. The first-order valence-electron chi connectivity index (χ1n) is 6.38. The van der Waals surface area contributed by atoms with Crippen LogP contribution in [0.3, 0.4) is 0 Å². The number of halogens is 2. The van der Waals surface area contributed by atoms with E-state index in [2.05, 4.69) is 74.1 Å². The van der Waals surface area contributed by atoms with Gasteiger partial charge in [0.05, 0.1) is 0 Å². The van der Waals surface area contributed by atoms with E-state index >= 15 is 0 Å². The average molecular weight is 383 g/mol. The van der Waals surface area contributed by atoms with Crippen LogP contribution in [0.25, 0.3) is 0 Å². The van der Waals surface area contributed by atoms with Crippen molar-refractivity contribution < 1.29 is 0 Å². The molecule has 0 N–H and O–H groups in total. The molecule has 1 aromatic heterocycles. The zero-order valence-electron chi connectivity index (χ0n) is 10.9. The summed E-state index contributed by atoms with van der Waals surface area (Å²) in [5.41, 5.74) is 4.00. The molecular weight excluding hydrogens is 366 g/mol. The Hall–Kier alpha value is -0.670. The maximum absolute atomic E-state index is 4.23. The van der Waals surface area contributed by atoms with Crippen molar-refractivity contribution >= 4 is 31.9 Å².